The lowest BCUT2D eigenvalue weighted by atomic mass is 10.1. The van der Waals surface area contributed by atoms with E-state index in [9.17, 15) is 0 Å². The zero-order chi connectivity index (χ0) is 19.7. The molecule has 0 radical (unpaired) electrons. The summed E-state index contributed by atoms with van der Waals surface area (Å²) < 4.78 is 16.2. The number of hydrogen-bond donors (Lipinski definition) is 1. The molecule has 0 amide bonds. The Balaban J connectivity index is 0.00000240. The lowest BCUT2D eigenvalue weighted by Gasteiger charge is -2.16. The molecule has 0 bridgehead atoms. The van der Waals surface area contributed by atoms with Crippen LogP contribution in [0.25, 0.3) is 22.5 Å². The Morgan fingerprint density at radius 3 is 2.52 bits per heavy atom. The Morgan fingerprint density at radius 2 is 1.83 bits per heavy atom. The summed E-state index contributed by atoms with van der Waals surface area (Å²) in [6.45, 7) is 3.69. The van der Waals surface area contributed by atoms with Gasteiger partial charge in [0.2, 0.25) is 0 Å². The van der Waals surface area contributed by atoms with E-state index < -0.39 is 0 Å². The maximum Gasteiger partial charge on any atom is 0.261 e. The van der Waals surface area contributed by atoms with Crippen molar-refractivity contribution in [1.29, 1.82) is 0 Å². The number of aromatic nitrogens is 4. The summed E-state index contributed by atoms with van der Waals surface area (Å²) in [6.07, 6.45) is 1.68. The van der Waals surface area contributed by atoms with Gasteiger partial charge in [0.05, 0.1) is 31.2 Å². The highest BCUT2D eigenvalue weighted by molar-refractivity contribution is 5.98. The molecular formula is C20H20ClN5O3. The monoisotopic (exact) mass is 413 g/mol. The van der Waals surface area contributed by atoms with Crippen LogP contribution in [0, 0.1) is 13.8 Å². The number of nitrogens with zero attached hydrogens (tertiary/aromatic N) is 4. The predicted octanol–water partition coefficient (Wildman–Crippen LogP) is 4.48. The van der Waals surface area contributed by atoms with Crippen molar-refractivity contribution in [3.05, 3.63) is 48.0 Å². The predicted molar refractivity (Wildman–Crippen MR) is 112 cm³/mol. The van der Waals surface area contributed by atoms with Gasteiger partial charge in [-0.15, -0.1) is 12.4 Å². The van der Waals surface area contributed by atoms with Crippen molar-refractivity contribution in [3.8, 4) is 23.0 Å². The second kappa shape index (κ2) is 8.32. The maximum atomic E-state index is 5.50. The summed E-state index contributed by atoms with van der Waals surface area (Å²) in [5, 5.41) is 8.14. The standard InChI is InChI=1S/C20H19N5O3.ClH/c1-11-5-7-14-18(24-16-9-13(26-3)6-8-17(16)27-4)15(10-21-19(14)22-11)20-23-12(2)25-28-20;/h5-10H,1-4H3,(H,21,22,24);1H. The fraction of sp³-hybridized carbons (Fsp3) is 0.200. The van der Waals surface area contributed by atoms with Crippen molar-refractivity contribution in [2.75, 3.05) is 19.5 Å². The Kier molecular flexibility index (Phi) is 5.84. The molecule has 29 heavy (non-hydrogen) atoms. The number of nitrogens with one attached hydrogen (secondary N) is 1. The maximum absolute atomic E-state index is 5.50. The van der Waals surface area contributed by atoms with Crippen LogP contribution in [0.5, 0.6) is 11.5 Å². The molecule has 8 nitrogen and oxygen atoms in total. The summed E-state index contributed by atoms with van der Waals surface area (Å²) in [5.41, 5.74) is 3.64. The SMILES string of the molecule is COc1ccc(OC)c(Nc2c(-c3nc(C)no3)cnc3nc(C)ccc23)c1.Cl. The van der Waals surface area contributed by atoms with E-state index in [2.05, 4.69) is 25.4 Å². The Labute approximate surface area is 173 Å². The van der Waals surface area contributed by atoms with Gasteiger partial charge in [0.15, 0.2) is 11.5 Å². The third-order valence-electron chi connectivity index (χ3n) is 4.29. The van der Waals surface area contributed by atoms with Crippen LogP contribution in [0.15, 0.2) is 41.1 Å². The van der Waals surface area contributed by atoms with Crippen molar-refractivity contribution in [2.24, 2.45) is 0 Å². The van der Waals surface area contributed by atoms with Crippen LogP contribution < -0.4 is 14.8 Å². The van der Waals surface area contributed by atoms with Crippen LogP contribution >= 0.6 is 12.4 Å². The highest BCUT2D eigenvalue weighted by atomic mass is 35.5. The average Bonchev–Trinajstić information content (AvgIpc) is 3.14. The zero-order valence-electron chi connectivity index (χ0n) is 16.4. The summed E-state index contributed by atoms with van der Waals surface area (Å²) in [4.78, 5) is 13.3. The van der Waals surface area contributed by atoms with E-state index >= 15 is 0 Å². The van der Waals surface area contributed by atoms with Crippen molar-refractivity contribution in [1.82, 2.24) is 20.1 Å². The topological polar surface area (TPSA) is 95.2 Å². The molecule has 0 atom stereocenters. The first-order valence-electron chi connectivity index (χ1n) is 8.65. The molecule has 150 valence electrons. The van der Waals surface area contributed by atoms with E-state index in [1.54, 1.807) is 27.3 Å². The molecule has 4 aromatic rings. The quantitative estimate of drug-likeness (QED) is 0.511. The zero-order valence-corrected chi connectivity index (χ0v) is 17.2. The summed E-state index contributed by atoms with van der Waals surface area (Å²) in [6, 6.07) is 9.42. The molecule has 1 aromatic carbocycles. The lowest BCUT2D eigenvalue weighted by Crippen LogP contribution is -2.00. The number of methoxy groups -OCH3 is 2. The lowest BCUT2D eigenvalue weighted by molar-refractivity contribution is 0.405. The van der Waals surface area contributed by atoms with Gasteiger partial charge in [-0.05, 0) is 38.1 Å². The number of pyridine rings is 2. The van der Waals surface area contributed by atoms with Gasteiger partial charge in [-0.1, -0.05) is 5.16 Å². The van der Waals surface area contributed by atoms with Crippen molar-refractivity contribution >= 4 is 34.8 Å². The molecule has 9 heteroatoms. The summed E-state index contributed by atoms with van der Waals surface area (Å²) in [5.74, 6) is 2.28. The largest absolute Gasteiger partial charge is 0.497 e. The molecular weight excluding hydrogens is 394 g/mol. The molecule has 0 aliphatic rings. The molecule has 3 heterocycles. The van der Waals surface area contributed by atoms with Gasteiger partial charge in [0.25, 0.3) is 5.89 Å². The summed E-state index contributed by atoms with van der Waals surface area (Å²) >= 11 is 0. The number of rotatable bonds is 5. The number of aryl methyl sites for hydroxylation is 2. The van der Waals surface area contributed by atoms with E-state index in [4.69, 9.17) is 14.0 Å². The minimum atomic E-state index is 0. The first-order chi connectivity index (χ1) is 13.6. The van der Waals surface area contributed by atoms with Gasteiger partial charge in [0.1, 0.15) is 11.5 Å². The second-order valence-electron chi connectivity index (χ2n) is 6.21. The van der Waals surface area contributed by atoms with Gasteiger partial charge in [-0.25, -0.2) is 9.97 Å². The second-order valence-corrected chi connectivity index (χ2v) is 6.21. The molecule has 0 fully saturated rings. The van der Waals surface area contributed by atoms with Crippen molar-refractivity contribution < 1.29 is 14.0 Å². The molecule has 0 saturated heterocycles. The Bertz CT molecular complexity index is 1160. The van der Waals surface area contributed by atoms with Crippen LogP contribution in [0.3, 0.4) is 0 Å². The number of ether oxygens (including phenoxy) is 2. The molecule has 0 aliphatic carbocycles. The number of anilines is 2. The van der Waals surface area contributed by atoms with E-state index in [-0.39, 0.29) is 12.4 Å². The highest BCUT2D eigenvalue weighted by Gasteiger charge is 2.18. The first kappa shape index (κ1) is 20.3. The van der Waals surface area contributed by atoms with Crippen LogP contribution in [0.4, 0.5) is 11.4 Å². The van der Waals surface area contributed by atoms with E-state index in [0.717, 1.165) is 22.5 Å². The Morgan fingerprint density at radius 1 is 1.00 bits per heavy atom. The first-order valence-corrected chi connectivity index (χ1v) is 8.65. The van der Waals surface area contributed by atoms with Gasteiger partial charge >= 0.3 is 0 Å². The van der Waals surface area contributed by atoms with Gasteiger partial charge in [-0.3, -0.25) is 0 Å². The van der Waals surface area contributed by atoms with Crippen molar-refractivity contribution in [2.45, 2.75) is 13.8 Å². The average molecular weight is 414 g/mol. The number of hydrogen-bond acceptors (Lipinski definition) is 8. The van der Waals surface area contributed by atoms with Crippen LogP contribution in [0.2, 0.25) is 0 Å². The third-order valence-corrected chi connectivity index (χ3v) is 4.29. The van der Waals surface area contributed by atoms with Gasteiger partial charge in [-0.2, -0.15) is 4.98 Å². The van der Waals surface area contributed by atoms with E-state index in [1.165, 1.54) is 0 Å². The van der Waals surface area contributed by atoms with Crippen LogP contribution in [-0.2, 0) is 0 Å². The minimum absolute atomic E-state index is 0. The number of fused-ring (bicyclic) bond motifs is 1. The molecule has 1 N–H and O–H groups in total. The van der Waals surface area contributed by atoms with Crippen molar-refractivity contribution in [3.63, 3.8) is 0 Å². The smallest absolute Gasteiger partial charge is 0.261 e. The Hall–Kier alpha value is -3.39. The fourth-order valence-electron chi connectivity index (χ4n) is 2.92. The van der Waals surface area contributed by atoms with E-state index in [0.29, 0.717) is 34.4 Å². The van der Waals surface area contributed by atoms with Gasteiger partial charge in [0, 0.05) is 23.3 Å². The van der Waals surface area contributed by atoms with Gasteiger partial charge < -0.3 is 19.3 Å². The molecule has 4 rings (SSSR count). The molecule has 0 unspecified atom stereocenters. The highest BCUT2D eigenvalue weighted by Crippen LogP contribution is 2.38. The molecule has 3 aromatic heterocycles. The van der Waals surface area contributed by atoms with Crippen LogP contribution in [0.1, 0.15) is 11.5 Å². The molecule has 0 aliphatic heterocycles. The fourth-order valence-corrected chi connectivity index (χ4v) is 2.92. The molecule has 0 saturated carbocycles. The third kappa shape index (κ3) is 3.93. The summed E-state index contributed by atoms with van der Waals surface area (Å²) in [7, 11) is 3.23. The number of benzene rings is 1. The molecule has 0 spiro atoms. The normalized spacial score (nSPS) is 10.5. The van der Waals surface area contributed by atoms with E-state index in [1.807, 2.05) is 37.3 Å². The minimum Gasteiger partial charge on any atom is -0.497 e. The van der Waals surface area contributed by atoms with Crippen LogP contribution in [-0.4, -0.2) is 34.3 Å². The number of halogens is 1.